The Morgan fingerprint density at radius 3 is 2.43 bits per heavy atom. The van der Waals surface area contributed by atoms with E-state index in [1.54, 1.807) is 26.8 Å². The van der Waals surface area contributed by atoms with Gasteiger partial charge in [-0.25, -0.2) is 4.79 Å². The first-order chi connectivity index (χ1) is 16.0. The molecule has 0 radical (unpaired) electrons. The molecule has 1 unspecified atom stereocenters. The lowest BCUT2D eigenvalue weighted by molar-refractivity contribution is -0.390. The largest absolute Gasteiger partial charge is 0.451 e. The number of hydrogen-bond acceptors (Lipinski definition) is 9. The molecule has 7 N–H and O–H groups in total. The Labute approximate surface area is 202 Å². The fourth-order valence-corrected chi connectivity index (χ4v) is 9.56. The molecule has 4 saturated carbocycles. The van der Waals surface area contributed by atoms with Gasteiger partial charge in [0.15, 0.2) is 17.5 Å². The third kappa shape index (κ3) is 1.74. The molecule has 1 aromatic heterocycles. The van der Waals surface area contributed by atoms with Crippen molar-refractivity contribution < 1.29 is 44.9 Å². The summed E-state index contributed by atoms with van der Waals surface area (Å²) in [5, 5.41) is 73.9. The number of carbonyl (C=O) groups excluding carboxylic acids is 1. The molecule has 4 aliphatic carbocycles. The lowest BCUT2D eigenvalue weighted by Gasteiger charge is -2.60. The molecular weight excluding hydrogens is 458 g/mol. The highest BCUT2D eigenvalue weighted by Gasteiger charge is 3.10. The van der Waals surface area contributed by atoms with Crippen molar-refractivity contribution in [2.75, 3.05) is 0 Å². The maximum atomic E-state index is 13.2. The second-order valence-corrected chi connectivity index (χ2v) is 12.4. The van der Waals surface area contributed by atoms with E-state index in [1.165, 1.54) is 26.1 Å². The third-order valence-corrected chi connectivity index (χ3v) is 11.3. The Balaban J connectivity index is 1.69. The van der Waals surface area contributed by atoms with Gasteiger partial charge in [-0.05, 0) is 43.7 Å². The molecule has 10 heteroatoms. The van der Waals surface area contributed by atoms with Crippen LogP contribution in [0.3, 0.4) is 0 Å². The van der Waals surface area contributed by atoms with Gasteiger partial charge >= 0.3 is 5.97 Å². The number of ether oxygens (including phenoxy) is 2. The summed E-state index contributed by atoms with van der Waals surface area (Å²) in [6, 6.07) is 3.06. The SMILES string of the molecule is CC(C)[C@]1(O)C(OC(=O)c2ccc[nH]2)[C@@]2(O)[C@@]3(C)C[C@]4(O)O[C@@]5([C@H](O)[C@@H](C)CC[C@]35O)[C@@]2(O)[C@@]14C. The van der Waals surface area contributed by atoms with E-state index in [1.807, 2.05) is 0 Å². The zero-order chi connectivity index (χ0) is 25.8. The van der Waals surface area contributed by atoms with Crippen LogP contribution in [-0.2, 0) is 9.47 Å². The fraction of sp³-hybridized carbons (Fsp3) is 0.800. The molecule has 10 nitrogen and oxygen atoms in total. The van der Waals surface area contributed by atoms with Gasteiger partial charge in [-0.1, -0.05) is 27.7 Å². The Morgan fingerprint density at radius 2 is 1.86 bits per heavy atom. The summed E-state index contributed by atoms with van der Waals surface area (Å²) >= 11 is 0. The highest BCUT2D eigenvalue weighted by atomic mass is 16.7. The van der Waals surface area contributed by atoms with Crippen molar-refractivity contribution >= 4 is 5.97 Å². The van der Waals surface area contributed by atoms with E-state index >= 15 is 0 Å². The van der Waals surface area contributed by atoms with Crippen molar-refractivity contribution in [1.82, 2.24) is 4.98 Å². The quantitative estimate of drug-likeness (QED) is 0.282. The number of rotatable bonds is 3. The van der Waals surface area contributed by atoms with Crippen molar-refractivity contribution in [3.05, 3.63) is 24.0 Å². The lowest BCUT2D eigenvalue weighted by atomic mass is 9.52. The van der Waals surface area contributed by atoms with Crippen molar-refractivity contribution in [2.45, 2.75) is 99.9 Å². The first-order valence-corrected chi connectivity index (χ1v) is 12.4. The Morgan fingerprint density at radius 1 is 1.20 bits per heavy atom. The van der Waals surface area contributed by atoms with Crippen LogP contribution in [0.4, 0.5) is 0 Å². The highest BCUT2D eigenvalue weighted by Crippen LogP contribution is 2.90. The third-order valence-electron chi connectivity index (χ3n) is 11.3. The summed E-state index contributed by atoms with van der Waals surface area (Å²) < 4.78 is 12.1. The van der Waals surface area contributed by atoms with Gasteiger partial charge in [0.1, 0.15) is 28.1 Å². The number of hydrogen-bond donors (Lipinski definition) is 7. The van der Waals surface area contributed by atoms with Crippen molar-refractivity contribution in [3.8, 4) is 0 Å². The molecule has 1 aromatic rings. The summed E-state index contributed by atoms with van der Waals surface area (Å²) in [4.78, 5) is 15.9. The maximum Gasteiger partial charge on any atom is 0.355 e. The number of aliphatic hydroxyl groups is 6. The molecule has 2 aliphatic heterocycles. The second kappa shape index (κ2) is 5.96. The number of esters is 1. The predicted octanol–water partition coefficient (Wildman–Crippen LogP) is -0.188. The molecule has 11 atom stereocenters. The monoisotopic (exact) mass is 493 g/mol. The molecule has 7 rings (SSSR count). The molecule has 0 aromatic carbocycles. The number of aromatic nitrogens is 1. The van der Waals surface area contributed by atoms with Gasteiger partial charge in [-0.2, -0.15) is 0 Å². The minimum absolute atomic E-state index is 0.0654. The molecule has 1 spiro atoms. The highest BCUT2D eigenvalue weighted by molar-refractivity contribution is 5.87. The van der Waals surface area contributed by atoms with Gasteiger partial charge in [0, 0.05) is 18.0 Å². The summed E-state index contributed by atoms with van der Waals surface area (Å²) in [6.07, 6.45) is -1.63. The van der Waals surface area contributed by atoms with E-state index in [4.69, 9.17) is 9.47 Å². The fourth-order valence-electron chi connectivity index (χ4n) is 9.56. The van der Waals surface area contributed by atoms with E-state index in [2.05, 4.69) is 4.98 Å². The zero-order valence-corrected chi connectivity index (χ0v) is 20.6. The minimum atomic E-state index is -2.59. The average molecular weight is 494 g/mol. The van der Waals surface area contributed by atoms with Gasteiger partial charge in [-0.3, -0.25) is 0 Å². The van der Waals surface area contributed by atoms with Gasteiger partial charge in [-0.15, -0.1) is 0 Å². The number of carbonyl (C=O) groups is 1. The van der Waals surface area contributed by atoms with Crippen molar-refractivity contribution in [2.24, 2.45) is 22.7 Å². The maximum absolute atomic E-state index is 13.2. The predicted molar refractivity (Wildman–Crippen MR) is 119 cm³/mol. The van der Waals surface area contributed by atoms with Gasteiger partial charge in [0.2, 0.25) is 0 Å². The molecule has 6 fully saturated rings. The molecule has 3 heterocycles. The minimum Gasteiger partial charge on any atom is -0.451 e. The van der Waals surface area contributed by atoms with Crippen LogP contribution in [0.1, 0.15) is 64.4 Å². The Hall–Kier alpha value is -1.53. The van der Waals surface area contributed by atoms with Crippen LogP contribution in [-0.4, -0.2) is 87.6 Å². The van der Waals surface area contributed by atoms with Gasteiger partial charge < -0.3 is 45.1 Å². The van der Waals surface area contributed by atoms with E-state index < -0.39 is 74.6 Å². The van der Waals surface area contributed by atoms with Crippen molar-refractivity contribution in [1.29, 1.82) is 0 Å². The van der Waals surface area contributed by atoms with E-state index in [0.29, 0.717) is 6.42 Å². The first-order valence-electron chi connectivity index (χ1n) is 12.4. The van der Waals surface area contributed by atoms with Crippen LogP contribution in [0, 0.1) is 22.7 Å². The van der Waals surface area contributed by atoms with E-state index in [0.717, 1.165) is 0 Å². The number of aliphatic hydroxyl groups excluding tert-OH is 1. The van der Waals surface area contributed by atoms with Crippen LogP contribution in [0.5, 0.6) is 0 Å². The molecule has 2 saturated heterocycles. The standard InChI is InChI=1S/C25H35NO9/c1-12(2)22(31)17(34-16(28)14-7-6-10-26-14)23(32)18(4)11-21(30)19(22,5)25(23,33)24(35-21)15(27)13(3)8-9-20(18,24)29/h6-7,10,12-13,15,17,26-27,29-33H,8-9,11H2,1-5H3/t13-,15+,17?,18-,19+,20-,21-,22-,23+,24+,25+/m0/s1. The van der Waals surface area contributed by atoms with Crippen LogP contribution in [0.2, 0.25) is 0 Å². The topological polar surface area (TPSA) is 173 Å². The Kier molecular flexibility index (Phi) is 4.06. The summed E-state index contributed by atoms with van der Waals surface area (Å²) in [5.41, 5.74) is -15.2. The zero-order valence-electron chi connectivity index (χ0n) is 20.6. The molecule has 35 heavy (non-hydrogen) atoms. The van der Waals surface area contributed by atoms with Crippen molar-refractivity contribution in [3.63, 3.8) is 0 Å². The summed E-state index contributed by atoms with van der Waals surface area (Å²) in [6.45, 7) is 7.91. The van der Waals surface area contributed by atoms with E-state index in [-0.39, 0.29) is 18.5 Å². The Bertz CT molecular complexity index is 1130. The molecule has 194 valence electrons. The molecule has 0 amide bonds. The van der Waals surface area contributed by atoms with E-state index in [9.17, 15) is 35.4 Å². The average Bonchev–Trinajstić information content (AvgIpc) is 3.41. The molecule has 6 aliphatic rings. The number of H-pyrrole nitrogens is 1. The lowest BCUT2D eigenvalue weighted by Crippen LogP contribution is -2.75. The molecule has 6 bridgehead atoms. The smallest absolute Gasteiger partial charge is 0.355 e. The normalized spacial score (nSPS) is 59.8. The van der Waals surface area contributed by atoms with Crippen LogP contribution in [0.15, 0.2) is 18.3 Å². The second-order valence-electron chi connectivity index (χ2n) is 12.4. The summed E-state index contributed by atoms with van der Waals surface area (Å²) in [7, 11) is 0. The van der Waals surface area contributed by atoms with Crippen LogP contribution in [0.25, 0.3) is 0 Å². The number of aromatic amines is 1. The molecular formula is C25H35NO9. The number of nitrogens with one attached hydrogen (secondary N) is 1. The van der Waals surface area contributed by atoms with Crippen LogP contribution >= 0.6 is 0 Å². The van der Waals surface area contributed by atoms with Gasteiger partial charge in [0.05, 0.1) is 11.5 Å². The van der Waals surface area contributed by atoms with Gasteiger partial charge in [0.25, 0.3) is 0 Å². The summed E-state index contributed by atoms with van der Waals surface area (Å²) in [5.74, 6) is -4.34. The van der Waals surface area contributed by atoms with Crippen LogP contribution < -0.4 is 0 Å². The first kappa shape index (κ1) is 23.8.